The molecular formula is C19H21N3O. The van der Waals surface area contributed by atoms with Gasteiger partial charge in [-0.25, -0.2) is 0 Å². The number of likely N-dealkylation sites (tertiary alicyclic amines) is 1. The van der Waals surface area contributed by atoms with Gasteiger partial charge in [0.15, 0.2) is 0 Å². The molecule has 1 unspecified atom stereocenters. The van der Waals surface area contributed by atoms with Crippen LogP contribution in [0.3, 0.4) is 0 Å². The number of hydrogen-bond donors (Lipinski definition) is 0. The molecule has 1 saturated heterocycles. The number of aromatic nitrogens is 2. The first-order valence-corrected chi connectivity index (χ1v) is 8.23. The minimum Gasteiger partial charge on any atom is -0.489 e. The van der Waals surface area contributed by atoms with Gasteiger partial charge in [0.2, 0.25) is 0 Å². The van der Waals surface area contributed by atoms with E-state index in [4.69, 9.17) is 4.74 Å². The first-order chi connectivity index (χ1) is 11.3. The second-order valence-electron chi connectivity index (χ2n) is 6.34. The molecule has 0 amide bonds. The van der Waals surface area contributed by atoms with E-state index in [0.29, 0.717) is 12.6 Å². The molecule has 4 nitrogen and oxygen atoms in total. The number of rotatable bonds is 3. The summed E-state index contributed by atoms with van der Waals surface area (Å²) in [4.78, 5) is 11.5. The van der Waals surface area contributed by atoms with Crippen molar-refractivity contribution < 1.29 is 4.74 Å². The third kappa shape index (κ3) is 2.99. The quantitative estimate of drug-likeness (QED) is 0.871. The summed E-state index contributed by atoms with van der Waals surface area (Å²) in [6.07, 6.45) is 8.37. The van der Waals surface area contributed by atoms with E-state index in [0.717, 1.165) is 36.6 Å². The lowest BCUT2D eigenvalue weighted by atomic mass is 10.1. The summed E-state index contributed by atoms with van der Waals surface area (Å²) in [6, 6.07) is 8.60. The van der Waals surface area contributed by atoms with Gasteiger partial charge in [0.1, 0.15) is 12.4 Å². The molecule has 23 heavy (non-hydrogen) atoms. The van der Waals surface area contributed by atoms with E-state index in [1.807, 2.05) is 31.5 Å². The number of para-hydroxylation sites is 1. The molecule has 1 fully saturated rings. The molecule has 0 bridgehead atoms. The van der Waals surface area contributed by atoms with E-state index in [-0.39, 0.29) is 0 Å². The Balaban J connectivity index is 1.53. The molecule has 2 aromatic rings. The van der Waals surface area contributed by atoms with Crippen LogP contribution in [-0.4, -0.2) is 34.6 Å². The SMILES string of the molecule is Cc1cncc(C2CCCN2CC2=Cc3ccccc3OC2)n1. The van der Waals surface area contributed by atoms with Crippen molar-refractivity contribution in [3.05, 3.63) is 59.2 Å². The Bertz CT molecular complexity index is 741. The zero-order valence-corrected chi connectivity index (χ0v) is 13.4. The van der Waals surface area contributed by atoms with Crippen LogP contribution in [0, 0.1) is 6.92 Å². The van der Waals surface area contributed by atoms with E-state index in [2.05, 4.69) is 33.1 Å². The predicted octanol–water partition coefficient (Wildman–Crippen LogP) is 3.40. The minimum absolute atomic E-state index is 0.375. The van der Waals surface area contributed by atoms with Gasteiger partial charge in [-0.15, -0.1) is 0 Å². The summed E-state index contributed by atoms with van der Waals surface area (Å²) in [7, 11) is 0. The number of nitrogens with zero attached hydrogens (tertiary/aromatic N) is 3. The molecule has 4 rings (SSSR count). The van der Waals surface area contributed by atoms with Crippen molar-refractivity contribution in [2.45, 2.75) is 25.8 Å². The molecule has 1 aromatic carbocycles. The second-order valence-corrected chi connectivity index (χ2v) is 6.34. The van der Waals surface area contributed by atoms with E-state index < -0.39 is 0 Å². The number of ether oxygens (including phenoxy) is 1. The lowest BCUT2D eigenvalue weighted by Crippen LogP contribution is -2.28. The Kier molecular flexibility index (Phi) is 3.83. The summed E-state index contributed by atoms with van der Waals surface area (Å²) >= 11 is 0. The van der Waals surface area contributed by atoms with Gasteiger partial charge in [-0.05, 0) is 44.0 Å². The average Bonchev–Trinajstić information content (AvgIpc) is 3.03. The first kappa shape index (κ1) is 14.4. The standard InChI is InChI=1S/C19H21N3O/c1-14-10-20-11-17(21-14)18-6-4-8-22(18)12-15-9-16-5-2-3-7-19(16)23-13-15/h2-3,5,7,9-11,18H,4,6,8,12-13H2,1H3. The molecule has 0 saturated carbocycles. The van der Waals surface area contributed by atoms with Crippen LogP contribution in [0.4, 0.5) is 0 Å². The summed E-state index contributed by atoms with van der Waals surface area (Å²) < 4.78 is 5.88. The van der Waals surface area contributed by atoms with Gasteiger partial charge in [0.25, 0.3) is 0 Å². The fourth-order valence-electron chi connectivity index (χ4n) is 3.51. The molecule has 2 aliphatic heterocycles. The molecule has 118 valence electrons. The normalized spacial score (nSPS) is 20.7. The van der Waals surface area contributed by atoms with Crippen LogP contribution < -0.4 is 4.74 Å². The number of hydrogen-bond acceptors (Lipinski definition) is 4. The largest absolute Gasteiger partial charge is 0.489 e. The van der Waals surface area contributed by atoms with Crippen molar-refractivity contribution in [3.8, 4) is 5.75 Å². The minimum atomic E-state index is 0.375. The monoisotopic (exact) mass is 307 g/mol. The third-order valence-corrected chi connectivity index (χ3v) is 4.58. The van der Waals surface area contributed by atoms with Gasteiger partial charge in [0.05, 0.1) is 17.4 Å². The van der Waals surface area contributed by atoms with Crippen LogP contribution in [-0.2, 0) is 0 Å². The molecular weight excluding hydrogens is 286 g/mol. The highest BCUT2D eigenvalue weighted by atomic mass is 16.5. The third-order valence-electron chi connectivity index (χ3n) is 4.58. The van der Waals surface area contributed by atoms with Gasteiger partial charge >= 0.3 is 0 Å². The van der Waals surface area contributed by atoms with Crippen LogP contribution >= 0.6 is 0 Å². The molecule has 0 radical (unpaired) electrons. The van der Waals surface area contributed by atoms with Crippen LogP contribution in [0.15, 0.2) is 42.2 Å². The Morgan fingerprint density at radius 3 is 3.09 bits per heavy atom. The van der Waals surface area contributed by atoms with E-state index >= 15 is 0 Å². The Labute approximate surface area is 136 Å². The number of aryl methyl sites for hydroxylation is 1. The van der Waals surface area contributed by atoms with Crippen molar-refractivity contribution >= 4 is 6.08 Å². The molecule has 1 aromatic heterocycles. The lowest BCUT2D eigenvalue weighted by molar-refractivity contribution is 0.256. The maximum absolute atomic E-state index is 5.88. The molecule has 4 heteroatoms. The topological polar surface area (TPSA) is 38.2 Å². The first-order valence-electron chi connectivity index (χ1n) is 8.23. The lowest BCUT2D eigenvalue weighted by Gasteiger charge is -2.27. The fraction of sp³-hybridized carbons (Fsp3) is 0.368. The smallest absolute Gasteiger partial charge is 0.127 e. The van der Waals surface area contributed by atoms with Gasteiger partial charge in [-0.1, -0.05) is 18.2 Å². The molecule has 3 heterocycles. The van der Waals surface area contributed by atoms with Crippen molar-refractivity contribution in [1.29, 1.82) is 0 Å². The molecule has 0 spiro atoms. The van der Waals surface area contributed by atoms with Crippen LogP contribution in [0.5, 0.6) is 5.75 Å². The maximum Gasteiger partial charge on any atom is 0.127 e. The Morgan fingerprint density at radius 1 is 1.26 bits per heavy atom. The molecule has 0 aliphatic carbocycles. The molecule has 1 atom stereocenters. The van der Waals surface area contributed by atoms with Gasteiger partial charge < -0.3 is 4.74 Å². The van der Waals surface area contributed by atoms with Crippen LogP contribution in [0.1, 0.15) is 35.8 Å². The summed E-state index contributed by atoms with van der Waals surface area (Å²) in [5.74, 6) is 0.985. The summed E-state index contributed by atoms with van der Waals surface area (Å²) in [6.45, 7) is 4.73. The van der Waals surface area contributed by atoms with Gasteiger partial charge in [0, 0.05) is 24.5 Å². The van der Waals surface area contributed by atoms with Crippen LogP contribution in [0.25, 0.3) is 6.08 Å². The zero-order valence-electron chi connectivity index (χ0n) is 13.4. The van der Waals surface area contributed by atoms with Crippen LogP contribution in [0.2, 0.25) is 0 Å². The van der Waals surface area contributed by atoms with E-state index in [9.17, 15) is 0 Å². The van der Waals surface area contributed by atoms with Crippen molar-refractivity contribution in [2.24, 2.45) is 0 Å². The zero-order chi connectivity index (χ0) is 15.6. The van der Waals surface area contributed by atoms with Gasteiger partial charge in [-0.2, -0.15) is 0 Å². The van der Waals surface area contributed by atoms with Crippen molar-refractivity contribution in [1.82, 2.24) is 14.9 Å². The summed E-state index contributed by atoms with van der Waals surface area (Å²) in [5.41, 5.74) is 4.60. The average molecular weight is 307 g/mol. The molecule has 0 N–H and O–H groups in total. The van der Waals surface area contributed by atoms with E-state index in [1.165, 1.54) is 17.6 Å². The number of benzene rings is 1. The van der Waals surface area contributed by atoms with Crippen molar-refractivity contribution in [2.75, 3.05) is 19.7 Å². The van der Waals surface area contributed by atoms with E-state index in [1.54, 1.807) is 0 Å². The Morgan fingerprint density at radius 2 is 2.17 bits per heavy atom. The van der Waals surface area contributed by atoms with Crippen molar-refractivity contribution in [3.63, 3.8) is 0 Å². The fourth-order valence-corrected chi connectivity index (χ4v) is 3.51. The highest BCUT2D eigenvalue weighted by molar-refractivity contribution is 5.62. The highest BCUT2D eigenvalue weighted by Crippen LogP contribution is 2.33. The predicted molar refractivity (Wildman–Crippen MR) is 90.2 cm³/mol. The summed E-state index contributed by atoms with van der Waals surface area (Å²) in [5, 5.41) is 0. The Hall–Kier alpha value is -2.20. The number of fused-ring (bicyclic) bond motifs is 1. The van der Waals surface area contributed by atoms with Gasteiger partial charge in [-0.3, -0.25) is 14.9 Å². The highest BCUT2D eigenvalue weighted by Gasteiger charge is 2.28. The maximum atomic E-state index is 5.88. The second kappa shape index (κ2) is 6.13. The molecule has 2 aliphatic rings.